The van der Waals surface area contributed by atoms with Crippen molar-refractivity contribution >= 4 is 16.7 Å². The highest BCUT2D eigenvalue weighted by atomic mass is 16.5. The third kappa shape index (κ3) is 4.05. The van der Waals surface area contributed by atoms with Crippen molar-refractivity contribution in [2.24, 2.45) is 0 Å². The molecular formula is C23H23NO3. The van der Waals surface area contributed by atoms with Gasteiger partial charge in [-0.05, 0) is 42.0 Å². The lowest BCUT2D eigenvalue weighted by molar-refractivity contribution is -0.134. The van der Waals surface area contributed by atoms with E-state index in [0.29, 0.717) is 12.6 Å². The Labute approximate surface area is 159 Å². The summed E-state index contributed by atoms with van der Waals surface area (Å²) in [6.07, 6.45) is 2.13. The van der Waals surface area contributed by atoms with Crippen LogP contribution in [0.1, 0.15) is 18.4 Å². The minimum Gasteiger partial charge on any atom is -0.497 e. The number of fused-ring (bicyclic) bond motifs is 1. The number of hydrogen-bond acceptors (Lipinski definition) is 3. The van der Waals surface area contributed by atoms with E-state index in [1.165, 1.54) is 0 Å². The van der Waals surface area contributed by atoms with Crippen molar-refractivity contribution in [3.05, 3.63) is 72.3 Å². The van der Waals surface area contributed by atoms with Crippen LogP contribution < -0.4 is 9.47 Å². The second-order valence-corrected chi connectivity index (χ2v) is 6.87. The minimum atomic E-state index is 0.0289. The number of nitrogens with zero attached hydrogens (tertiary/aromatic N) is 1. The summed E-state index contributed by atoms with van der Waals surface area (Å²) in [6.45, 7) is 0.660. The van der Waals surface area contributed by atoms with Gasteiger partial charge in [0.1, 0.15) is 11.5 Å². The highest BCUT2D eigenvalue weighted by Gasteiger charge is 2.32. The first-order valence-electron chi connectivity index (χ1n) is 9.27. The van der Waals surface area contributed by atoms with E-state index in [2.05, 4.69) is 0 Å². The van der Waals surface area contributed by atoms with Crippen molar-refractivity contribution in [3.63, 3.8) is 0 Å². The van der Waals surface area contributed by atoms with Gasteiger partial charge in [-0.2, -0.15) is 0 Å². The predicted molar refractivity (Wildman–Crippen MR) is 106 cm³/mol. The van der Waals surface area contributed by atoms with Crippen LogP contribution in [0.3, 0.4) is 0 Å². The molecule has 0 saturated heterocycles. The molecule has 1 aliphatic rings. The Hall–Kier alpha value is -3.01. The first kappa shape index (κ1) is 17.4. The molecule has 4 heteroatoms. The first-order valence-corrected chi connectivity index (χ1v) is 9.27. The predicted octanol–water partition coefficient (Wildman–Crippen LogP) is 4.42. The molecule has 1 aliphatic carbocycles. The fourth-order valence-corrected chi connectivity index (χ4v) is 3.28. The molecular weight excluding hydrogens is 338 g/mol. The Kier molecular flexibility index (Phi) is 4.97. The quantitative estimate of drug-likeness (QED) is 0.625. The van der Waals surface area contributed by atoms with Crippen molar-refractivity contribution < 1.29 is 14.3 Å². The fourth-order valence-electron chi connectivity index (χ4n) is 3.28. The van der Waals surface area contributed by atoms with Gasteiger partial charge in [-0.1, -0.05) is 48.5 Å². The van der Waals surface area contributed by atoms with Gasteiger partial charge in [-0.15, -0.1) is 0 Å². The van der Waals surface area contributed by atoms with Gasteiger partial charge < -0.3 is 14.4 Å². The third-order valence-corrected chi connectivity index (χ3v) is 4.92. The zero-order valence-electron chi connectivity index (χ0n) is 15.4. The number of ether oxygens (including phenoxy) is 2. The van der Waals surface area contributed by atoms with Crippen LogP contribution in [0.4, 0.5) is 0 Å². The highest BCUT2D eigenvalue weighted by molar-refractivity contribution is 5.88. The zero-order valence-corrected chi connectivity index (χ0v) is 15.4. The molecule has 0 radical (unpaired) electrons. The Morgan fingerprint density at radius 3 is 2.48 bits per heavy atom. The molecule has 0 atom stereocenters. The molecule has 0 unspecified atom stereocenters. The van der Waals surface area contributed by atoms with Gasteiger partial charge in [-0.25, -0.2) is 0 Å². The van der Waals surface area contributed by atoms with Crippen molar-refractivity contribution in [1.82, 2.24) is 4.90 Å². The van der Waals surface area contributed by atoms with Crippen LogP contribution in [0.25, 0.3) is 10.8 Å². The number of hydrogen-bond donors (Lipinski definition) is 0. The molecule has 27 heavy (non-hydrogen) atoms. The van der Waals surface area contributed by atoms with Crippen molar-refractivity contribution in [3.8, 4) is 11.5 Å². The lowest BCUT2D eigenvalue weighted by Crippen LogP contribution is -2.36. The second kappa shape index (κ2) is 7.70. The van der Waals surface area contributed by atoms with Gasteiger partial charge in [-0.3, -0.25) is 4.79 Å². The largest absolute Gasteiger partial charge is 0.497 e. The van der Waals surface area contributed by atoms with Crippen LogP contribution in [0.15, 0.2) is 66.7 Å². The molecule has 4 rings (SSSR count). The molecule has 1 fully saturated rings. The highest BCUT2D eigenvalue weighted by Crippen LogP contribution is 2.30. The summed E-state index contributed by atoms with van der Waals surface area (Å²) < 4.78 is 11.1. The average Bonchev–Trinajstić information content (AvgIpc) is 3.56. The molecule has 0 aliphatic heterocycles. The Morgan fingerprint density at radius 2 is 1.74 bits per heavy atom. The Bertz CT molecular complexity index is 927. The molecule has 3 aromatic carbocycles. The van der Waals surface area contributed by atoms with E-state index < -0.39 is 0 Å². The van der Waals surface area contributed by atoms with Gasteiger partial charge in [0.05, 0.1) is 7.11 Å². The van der Waals surface area contributed by atoms with E-state index in [4.69, 9.17) is 9.47 Å². The molecule has 4 nitrogen and oxygen atoms in total. The summed E-state index contributed by atoms with van der Waals surface area (Å²) in [6, 6.07) is 22.2. The summed E-state index contributed by atoms with van der Waals surface area (Å²) in [4.78, 5) is 14.8. The molecule has 3 aromatic rings. The lowest BCUT2D eigenvalue weighted by atomic mass is 10.1. The van der Waals surface area contributed by atoms with Crippen LogP contribution in [-0.2, 0) is 11.3 Å². The van der Waals surface area contributed by atoms with Gasteiger partial charge in [0, 0.05) is 18.0 Å². The number of benzene rings is 3. The van der Waals surface area contributed by atoms with Crippen LogP contribution >= 0.6 is 0 Å². The number of methoxy groups -OCH3 is 1. The molecule has 1 amide bonds. The number of carbonyl (C=O) groups is 1. The van der Waals surface area contributed by atoms with Crippen molar-refractivity contribution in [2.75, 3.05) is 13.7 Å². The zero-order chi connectivity index (χ0) is 18.6. The maximum absolute atomic E-state index is 12.8. The number of carbonyl (C=O) groups excluding carboxylic acids is 1. The monoisotopic (exact) mass is 361 g/mol. The minimum absolute atomic E-state index is 0.0289. The van der Waals surface area contributed by atoms with Crippen molar-refractivity contribution in [2.45, 2.75) is 25.4 Å². The lowest BCUT2D eigenvalue weighted by Gasteiger charge is -2.23. The molecule has 0 N–H and O–H groups in total. The van der Waals surface area contributed by atoms with Gasteiger partial charge in [0.2, 0.25) is 0 Å². The van der Waals surface area contributed by atoms with Crippen LogP contribution in [0, 0.1) is 0 Å². The van der Waals surface area contributed by atoms with Crippen molar-refractivity contribution in [1.29, 1.82) is 0 Å². The second-order valence-electron chi connectivity index (χ2n) is 6.87. The van der Waals surface area contributed by atoms with E-state index in [0.717, 1.165) is 40.7 Å². The van der Waals surface area contributed by atoms with Gasteiger partial charge in [0.15, 0.2) is 6.61 Å². The summed E-state index contributed by atoms with van der Waals surface area (Å²) in [5.41, 5.74) is 1.10. The first-order chi connectivity index (χ1) is 13.2. The van der Waals surface area contributed by atoms with E-state index in [9.17, 15) is 4.79 Å². The summed E-state index contributed by atoms with van der Waals surface area (Å²) >= 11 is 0. The third-order valence-electron chi connectivity index (χ3n) is 4.92. The molecule has 0 spiro atoms. The number of rotatable bonds is 7. The van der Waals surface area contributed by atoms with E-state index in [-0.39, 0.29) is 12.5 Å². The normalized spacial score (nSPS) is 13.4. The molecule has 1 saturated carbocycles. The Morgan fingerprint density at radius 1 is 1.00 bits per heavy atom. The van der Waals surface area contributed by atoms with E-state index in [1.54, 1.807) is 7.11 Å². The van der Waals surface area contributed by atoms with E-state index >= 15 is 0 Å². The topological polar surface area (TPSA) is 38.8 Å². The van der Waals surface area contributed by atoms with Crippen LogP contribution in [-0.4, -0.2) is 30.6 Å². The van der Waals surface area contributed by atoms with Gasteiger partial charge in [0.25, 0.3) is 5.91 Å². The summed E-state index contributed by atoms with van der Waals surface area (Å²) in [7, 11) is 1.65. The smallest absolute Gasteiger partial charge is 0.261 e. The average molecular weight is 361 g/mol. The maximum atomic E-state index is 12.8. The summed E-state index contributed by atoms with van der Waals surface area (Å²) in [5, 5.41) is 2.14. The van der Waals surface area contributed by atoms with Gasteiger partial charge >= 0.3 is 0 Å². The molecule has 0 bridgehead atoms. The summed E-state index contributed by atoms with van der Waals surface area (Å²) in [5.74, 6) is 1.60. The van der Waals surface area contributed by atoms with Crippen LogP contribution in [0.2, 0.25) is 0 Å². The maximum Gasteiger partial charge on any atom is 0.261 e. The van der Waals surface area contributed by atoms with Crippen LogP contribution in [0.5, 0.6) is 11.5 Å². The standard InChI is InChI=1S/C23H23NO3/c1-26-20-13-9-17(10-14-20)15-24(19-11-12-19)23(25)16-27-22-8-4-6-18-5-2-3-7-21(18)22/h2-10,13-14,19H,11-12,15-16H2,1H3. The SMILES string of the molecule is COc1ccc(CN(C(=O)COc2cccc3ccccc23)C2CC2)cc1. The number of amides is 1. The fraction of sp³-hybridized carbons (Fsp3) is 0.261. The molecule has 0 heterocycles. The Balaban J connectivity index is 1.44. The van der Waals surface area contributed by atoms with E-state index in [1.807, 2.05) is 71.6 Å². The molecule has 0 aromatic heterocycles. The molecule has 138 valence electrons.